The highest BCUT2D eigenvalue weighted by atomic mass is 127. The van der Waals surface area contributed by atoms with Crippen LogP contribution in [0.2, 0.25) is 0 Å². The van der Waals surface area contributed by atoms with Gasteiger partial charge >= 0.3 is 0 Å². The Morgan fingerprint density at radius 1 is 1.16 bits per heavy atom. The standard InChI is InChI=1S/C24H28BrIN2O3/c1-17(24(30)27-21-8-3-2-4-9-21)28(15-18-6-5-7-19(25)14-18)23(29)16-31-22-12-10-20(26)11-13-22/h5-7,10-14,17,21H,2-4,8-9,15-16H2,1H3,(H,27,30)/t17-/m1/s1. The Morgan fingerprint density at radius 2 is 1.87 bits per heavy atom. The molecule has 1 aliphatic rings. The molecule has 5 nitrogen and oxygen atoms in total. The number of carbonyl (C=O) groups excluding carboxylic acids is 2. The fourth-order valence-electron chi connectivity index (χ4n) is 3.74. The molecule has 0 aromatic heterocycles. The lowest BCUT2D eigenvalue weighted by molar-refractivity contribution is -0.142. The third-order valence-electron chi connectivity index (χ3n) is 5.54. The molecule has 166 valence electrons. The molecule has 3 rings (SSSR count). The van der Waals surface area contributed by atoms with Crippen LogP contribution in [-0.4, -0.2) is 35.4 Å². The zero-order chi connectivity index (χ0) is 22.2. The van der Waals surface area contributed by atoms with Crippen LogP contribution in [0.1, 0.15) is 44.6 Å². The van der Waals surface area contributed by atoms with E-state index in [4.69, 9.17) is 4.74 Å². The molecule has 2 aromatic carbocycles. The molecular weight excluding hydrogens is 571 g/mol. The highest BCUT2D eigenvalue weighted by Crippen LogP contribution is 2.19. The molecule has 0 unspecified atom stereocenters. The molecule has 2 amide bonds. The highest BCUT2D eigenvalue weighted by Gasteiger charge is 2.28. The van der Waals surface area contributed by atoms with Gasteiger partial charge < -0.3 is 15.0 Å². The first kappa shape index (κ1) is 24.0. The normalized spacial score (nSPS) is 15.2. The molecule has 1 aliphatic carbocycles. The smallest absolute Gasteiger partial charge is 0.261 e. The van der Waals surface area contributed by atoms with Gasteiger partial charge in [0.25, 0.3) is 5.91 Å². The van der Waals surface area contributed by atoms with Crippen LogP contribution >= 0.6 is 38.5 Å². The van der Waals surface area contributed by atoms with Gasteiger partial charge in [0.1, 0.15) is 11.8 Å². The second-order valence-electron chi connectivity index (χ2n) is 7.91. The Balaban J connectivity index is 1.70. The highest BCUT2D eigenvalue weighted by molar-refractivity contribution is 14.1. The maximum absolute atomic E-state index is 13.1. The predicted molar refractivity (Wildman–Crippen MR) is 134 cm³/mol. The van der Waals surface area contributed by atoms with Crippen molar-refractivity contribution in [3.8, 4) is 5.75 Å². The third kappa shape index (κ3) is 7.49. The average Bonchev–Trinajstić information content (AvgIpc) is 2.77. The van der Waals surface area contributed by atoms with Crippen LogP contribution in [0.5, 0.6) is 5.75 Å². The second kappa shape index (κ2) is 11.9. The topological polar surface area (TPSA) is 58.6 Å². The zero-order valence-electron chi connectivity index (χ0n) is 17.7. The van der Waals surface area contributed by atoms with Gasteiger partial charge in [-0.1, -0.05) is 47.3 Å². The van der Waals surface area contributed by atoms with Gasteiger partial charge in [0.2, 0.25) is 5.91 Å². The summed E-state index contributed by atoms with van der Waals surface area (Å²) in [5.41, 5.74) is 0.953. The van der Waals surface area contributed by atoms with E-state index in [2.05, 4.69) is 43.8 Å². The maximum Gasteiger partial charge on any atom is 0.261 e. The molecule has 1 atom stereocenters. The number of nitrogens with one attached hydrogen (secondary N) is 1. The summed E-state index contributed by atoms with van der Waals surface area (Å²) in [5, 5.41) is 3.15. The molecule has 0 bridgehead atoms. The maximum atomic E-state index is 13.1. The molecule has 0 aliphatic heterocycles. The fourth-order valence-corrected chi connectivity index (χ4v) is 4.55. The van der Waals surface area contributed by atoms with Gasteiger partial charge in [0.15, 0.2) is 6.61 Å². The Labute approximate surface area is 206 Å². The fraction of sp³-hybridized carbons (Fsp3) is 0.417. The Hall–Kier alpha value is -1.61. The van der Waals surface area contributed by atoms with Crippen molar-refractivity contribution in [1.82, 2.24) is 10.2 Å². The SMILES string of the molecule is C[C@H](C(=O)NC1CCCCC1)N(Cc1cccc(Br)c1)C(=O)COc1ccc(I)cc1. The van der Waals surface area contributed by atoms with E-state index in [1.54, 1.807) is 11.8 Å². The van der Waals surface area contributed by atoms with Gasteiger partial charge in [0.05, 0.1) is 0 Å². The number of amides is 2. The second-order valence-corrected chi connectivity index (χ2v) is 10.1. The molecular formula is C24H28BrIN2O3. The Morgan fingerprint density at radius 3 is 2.55 bits per heavy atom. The van der Waals surface area contributed by atoms with E-state index >= 15 is 0 Å². The average molecular weight is 599 g/mol. The predicted octanol–water partition coefficient (Wildman–Crippen LogP) is 5.30. The summed E-state index contributed by atoms with van der Waals surface area (Å²) in [5.74, 6) is 0.310. The van der Waals surface area contributed by atoms with Crippen molar-refractivity contribution in [3.05, 3.63) is 62.1 Å². The first-order valence-electron chi connectivity index (χ1n) is 10.6. The summed E-state index contributed by atoms with van der Waals surface area (Å²) >= 11 is 5.70. The van der Waals surface area contributed by atoms with Crippen LogP contribution in [0.15, 0.2) is 53.0 Å². The summed E-state index contributed by atoms with van der Waals surface area (Å²) in [6.45, 7) is 2.02. The molecule has 31 heavy (non-hydrogen) atoms. The van der Waals surface area contributed by atoms with Crippen molar-refractivity contribution in [2.45, 2.75) is 57.7 Å². The summed E-state index contributed by atoms with van der Waals surface area (Å²) in [4.78, 5) is 27.7. The van der Waals surface area contributed by atoms with Gasteiger partial charge in [-0.3, -0.25) is 9.59 Å². The number of rotatable bonds is 8. The number of nitrogens with zero attached hydrogens (tertiary/aromatic N) is 1. The van der Waals surface area contributed by atoms with Gasteiger partial charge in [-0.2, -0.15) is 0 Å². The minimum absolute atomic E-state index is 0.107. The number of carbonyl (C=O) groups is 2. The number of benzene rings is 2. The third-order valence-corrected chi connectivity index (χ3v) is 6.75. The van der Waals surface area contributed by atoms with Gasteiger partial charge in [-0.15, -0.1) is 0 Å². The molecule has 1 fully saturated rings. The molecule has 0 saturated heterocycles. The Kier molecular flexibility index (Phi) is 9.19. The molecule has 1 N–H and O–H groups in total. The van der Waals surface area contributed by atoms with E-state index in [9.17, 15) is 9.59 Å². The van der Waals surface area contributed by atoms with E-state index < -0.39 is 6.04 Å². The first-order chi connectivity index (χ1) is 14.9. The molecule has 0 radical (unpaired) electrons. The number of halogens is 2. The van der Waals surface area contributed by atoms with Crippen molar-refractivity contribution in [2.75, 3.05) is 6.61 Å². The van der Waals surface area contributed by atoms with E-state index in [0.717, 1.165) is 39.3 Å². The van der Waals surface area contributed by atoms with Crippen LogP contribution in [0.3, 0.4) is 0 Å². The minimum atomic E-state index is -0.589. The molecule has 2 aromatic rings. The lowest BCUT2D eigenvalue weighted by atomic mass is 9.95. The molecule has 1 saturated carbocycles. The van der Waals surface area contributed by atoms with Gasteiger partial charge in [-0.25, -0.2) is 0 Å². The summed E-state index contributed by atoms with van der Waals surface area (Å²) in [6, 6.07) is 14.9. The van der Waals surface area contributed by atoms with Crippen molar-refractivity contribution < 1.29 is 14.3 Å². The minimum Gasteiger partial charge on any atom is -0.484 e. The Bertz CT molecular complexity index is 885. The lowest BCUT2D eigenvalue weighted by Crippen LogP contribution is -2.51. The quantitative estimate of drug-likeness (QED) is 0.420. The van der Waals surface area contributed by atoms with Crippen LogP contribution in [0.4, 0.5) is 0 Å². The van der Waals surface area contributed by atoms with Crippen molar-refractivity contribution in [2.24, 2.45) is 0 Å². The molecule has 7 heteroatoms. The summed E-state index contributed by atoms with van der Waals surface area (Å²) in [6.07, 6.45) is 5.53. The van der Waals surface area contributed by atoms with Crippen molar-refractivity contribution >= 4 is 50.3 Å². The van der Waals surface area contributed by atoms with E-state index in [-0.39, 0.29) is 24.5 Å². The van der Waals surface area contributed by atoms with Crippen molar-refractivity contribution in [1.29, 1.82) is 0 Å². The van der Waals surface area contributed by atoms with E-state index in [1.807, 2.05) is 48.5 Å². The largest absolute Gasteiger partial charge is 0.484 e. The number of hydrogen-bond donors (Lipinski definition) is 1. The van der Waals surface area contributed by atoms with Crippen LogP contribution < -0.4 is 10.1 Å². The van der Waals surface area contributed by atoms with Crippen LogP contribution in [0.25, 0.3) is 0 Å². The first-order valence-corrected chi connectivity index (χ1v) is 12.5. The van der Waals surface area contributed by atoms with E-state index in [1.165, 1.54) is 6.42 Å². The number of hydrogen-bond acceptors (Lipinski definition) is 3. The van der Waals surface area contributed by atoms with E-state index in [0.29, 0.717) is 12.3 Å². The van der Waals surface area contributed by atoms with Gasteiger partial charge in [-0.05, 0) is 84.3 Å². The molecule has 0 heterocycles. The molecule has 0 spiro atoms. The van der Waals surface area contributed by atoms with Crippen LogP contribution in [-0.2, 0) is 16.1 Å². The summed E-state index contributed by atoms with van der Waals surface area (Å²) < 4.78 is 7.74. The van der Waals surface area contributed by atoms with Crippen molar-refractivity contribution in [3.63, 3.8) is 0 Å². The monoisotopic (exact) mass is 598 g/mol. The number of ether oxygens (including phenoxy) is 1. The van der Waals surface area contributed by atoms with Crippen LogP contribution in [0, 0.1) is 3.57 Å². The summed E-state index contributed by atoms with van der Waals surface area (Å²) in [7, 11) is 0. The lowest BCUT2D eigenvalue weighted by Gasteiger charge is -2.31. The zero-order valence-corrected chi connectivity index (χ0v) is 21.4. The van der Waals surface area contributed by atoms with Gasteiger partial charge in [0, 0.05) is 20.6 Å².